The quantitative estimate of drug-likeness (QED) is 0.284. The number of carbonyl (C=O) groups is 1. The van der Waals surface area contributed by atoms with Crippen LogP contribution in [0.4, 0.5) is 0 Å². The highest BCUT2D eigenvalue weighted by atomic mass is 16.7. The smallest absolute Gasteiger partial charge is 0.256 e. The van der Waals surface area contributed by atoms with E-state index in [1.807, 2.05) is 77.7 Å². The summed E-state index contributed by atoms with van der Waals surface area (Å²) < 4.78 is 11.3. The predicted octanol–water partition coefficient (Wildman–Crippen LogP) is 6.47. The molecule has 36 heavy (non-hydrogen) atoms. The lowest BCUT2D eigenvalue weighted by atomic mass is 10.0. The van der Waals surface area contributed by atoms with Gasteiger partial charge in [-0.1, -0.05) is 78.9 Å². The third kappa shape index (κ3) is 4.39. The summed E-state index contributed by atoms with van der Waals surface area (Å²) in [5.41, 5.74) is 5.63. The predicted molar refractivity (Wildman–Crippen MR) is 140 cm³/mol. The fourth-order valence-electron chi connectivity index (χ4n) is 4.59. The zero-order valence-electron chi connectivity index (χ0n) is 19.6. The zero-order valence-corrected chi connectivity index (χ0v) is 19.6. The van der Waals surface area contributed by atoms with Gasteiger partial charge < -0.3 is 14.4 Å². The number of nitrogens with zero attached hydrogens (tertiary/aromatic N) is 2. The van der Waals surface area contributed by atoms with Crippen LogP contribution in [0.1, 0.15) is 21.5 Å². The molecule has 0 bridgehead atoms. The molecule has 176 valence electrons. The van der Waals surface area contributed by atoms with Crippen LogP contribution in [0.2, 0.25) is 0 Å². The number of benzene rings is 4. The van der Waals surface area contributed by atoms with Crippen molar-refractivity contribution in [2.24, 2.45) is 0 Å². The van der Waals surface area contributed by atoms with Gasteiger partial charge in [0.05, 0.1) is 17.6 Å². The van der Waals surface area contributed by atoms with Crippen molar-refractivity contribution in [3.63, 3.8) is 0 Å². The first kappa shape index (κ1) is 21.9. The summed E-state index contributed by atoms with van der Waals surface area (Å²) in [4.78, 5) is 20.2. The van der Waals surface area contributed by atoms with Crippen LogP contribution in [-0.2, 0) is 13.1 Å². The van der Waals surface area contributed by atoms with Crippen LogP contribution in [0, 0.1) is 0 Å². The molecule has 6 rings (SSSR count). The average molecular weight is 473 g/mol. The lowest BCUT2D eigenvalue weighted by molar-refractivity contribution is 0.0728. The van der Waals surface area contributed by atoms with Crippen molar-refractivity contribution in [2.45, 2.75) is 13.1 Å². The molecular weight excluding hydrogens is 448 g/mol. The van der Waals surface area contributed by atoms with Crippen LogP contribution in [0.15, 0.2) is 109 Å². The third-order valence-electron chi connectivity index (χ3n) is 6.37. The van der Waals surface area contributed by atoms with Crippen LogP contribution in [-0.4, -0.2) is 22.6 Å². The van der Waals surface area contributed by atoms with E-state index in [0.29, 0.717) is 30.2 Å². The van der Waals surface area contributed by atoms with Gasteiger partial charge in [0.2, 0.25) is 6.79 Å². The van der Waals surface area contributed by atoms with Crippen LogP contribution in [0.3, 0.4) is 0 Å². The van der Waals surface area contributed by atoms with Gasteiger partial charge in [0.1, 0.15) is 0 Å². The van der Waals surface area contributed by atoms with Crippen LogP contribution in [0.25, 0.3) is 22.0 Å². The van der Waals surface area contributed by atoms with Crippen LogP contribution >= 0.6 is 0 Å². The van der Waals surface area contributed by atoms with Crippen molar-refractivity contribution in [3.8, 4) is 22.6 Å². The van der Waals surface area contributed by atoms with E-state index in [4.69, 9.17) is 9.47 Å². The molecule has 1 aromatic heterocycles. The maximum absolute atomic E-state index is 13.9. The zero-order chi connectivity index (χ0) is 24.3. The van der Waals surface area contributed by atoms with Gasteiger partial charge in [-0.25, -0.2) is 0 Å². The van der Waals surface area contributed by atoms with E-state index in [2.05, 4.69) is 35.3 Å². The monoisotopic (exact) mass is 472 g/mol. The van der Waals surface area contributed by atoms with E-state index in [9.17, 15) is 4.79 Å². The van der Waals surface area contributed by atoms with Gasteiger partial charge in [0, 0.05) is 23.7 Å². The average Bonchev–Trinajstić information content (AvgIpc) is 3.43. The molecule has 1 aliphatic rings. The number of fused-ring (bicyclic) bond motifs is 2. The first-order valence-corrected chi connectivity index (χ1v) is 11.9. The normalized spacial score (nSPS) is 12.0. The maximum Gasteiger partial charge on any atom is 0.256 e. The SMILES string of the molecule is O=C(c1cnc2ccccc2c1)N(Cc1cccc(-c2ccccc2)c1)Cc1cccc2c1OCO2. The summed E-state index contributed by atoms with van der Waals surface area (Å²) >= 11 is 0. The second-order valence-electron chi connectivity index (χ2n) is 8.80. The number of pyridine rings is 1. The molecule has 0 saturated heterocycles. The molecule has 0 atom stereocenters. The maximum atomic E-state index is 13.9. The highest BCUT2D eigenvalue weighted by Crippen LogP contribution is 2.36. The number of carbonyl (C=O) groups excluding carboxylic acids is 1. The summed E-state index contributed by atoms with van der Waals surface area (Å²) in [5, 5.41) is 0.937. The Hall–Kier alpha value is -4.64. The summed E-state index contributed by atoms with van der Waals surface area (Å²) in [7, 11) is 0. The fraction of sp³-hybridized carbons (Fsp3) is 0.0968. The van der Waals surface area contributed by atoms with E-state index in [0.717, 1.165) is 33.2 Å². The standard InChI is InChI=1S/C31H24N2O3/c34-31(27-17-25-11-4-5-14-28(25)32-18-27)33(20-26-13-7-15-29-30(26)36-21-35-29)19-22-8-6-12-24(16-22)23-9-2-1-3-10-23/h1-18H,19-21H2. The molecular formula is C31H24N2O3. The van der Waals surface area contributed by atoms with Gasteiger partial charge in [-0.2, -0.15) is 0 Å². The summed E-state index contributed by atoms with van der Waals surface area (Å²) in [5.74, 6) is 1.32. The first-order chi connectivity index (χ1) is 17.7. The Bertz CT molecular complexity index is 1550. The van der Waals surface area contributed by atoms with Crippen molar-refractivity contribution >= 4 is 16.8 Å². The molecule has 0 unspecified atom stereocenters. The lowest BCUT2D eigenvalue weighted by Crippen LogP contribution is -2.30. The van der Waals surface area contributed by atoms with Gasteiger partial charge >= 0.3 is 0 Å². The Labute approximate surface area is 209 Å². The highest BCUT2D eigenvalue weighted by molar-refractivity contribution is 5.97. The molecule has 0 saturated carbocycles. The topological polar surface area (TPSA) is 51.7 Å². The fourth-order valence-corrected chi connectivity index (χ4v) is 4.59. The van der Waals surface area contributed by atoms with Gasteiger partial charge in [-0.3, -0.25) is 9.78 Å². The number of amides is 1. The largest absolute Gasteiger partial charge is 0.454 e. The van der Waals surface area contributed by atoms with Crippen molar-refractivity contribution in [3.05, 3.63) is 126 Å². The minimum Gasteiger partial charge on any atom is -0.454 e. The van der Waals surface area contributed by atoms with Gasteiger partial charge in [0.15, 0.2) is 11.5 Å². The van der Waals surface area contributed by atoms with Crippen LogP contribution in [0.5, 0.6) is 11.5 Å². The Kier molecular flexibility index (Phi) is 5.80. The van der Waals surface area contributed by atoms with Crippen molar-refractivity contribution in [1.29, 1.82) is 0 Å². The van der Waals surface area contributed by atoms with E-state index in [-0.39, 0.29) is 12.7 Å². The first-order valence-electron chi connectivity index (χ1n) is 11.9. The third-order valence-corrected chi connectivity index (χ3v) is 6.37. The number of hydrogen-bond donors (Lipinski definition) is 0. The molecule has 5 aromatic rings. The van der Waals surface area contributed by atoms with Gasteiger partial charge in [-0.05, 0) is 41.0 Å². The second-order valence-corrected chi connectivity index (χ2v) is 8.80. The van der Waals surface area contributed by atoms with Crippen molar-refractivity contribution in [2.75, 3.05) is 6.79 Å². The summed E-state index contributed by atoms with van der Waals surface area (Å²) in [6.07, 6.45) is 1.66. The minimum absolute atomic E-state index is 0.0881. The Morgan fingerprint density at radius 2 is 1.58 bits per heavy atom. The number of para-hydroxylation sites is 2. The molecule has 0 radical (unpaired) electrons. The number of aromatic nitrogens is 1. The van der Waals surface area contributed by atoms with E-state index in [1.54, 1.807) is 6.20 Å². The molecule has 5 heteroatoms. The number of hydrogen-bond acceptors (Lipinski definition) is 4. The van der Waals surface area contributed by atoms with Crippen LogP contribution < -0.4 is 9.47 Å². The molecule has 4 aromatic carbocycles. The van der Waals surface area contributed by atoms with Gasteiger partial charge in [0.25, 0.3) is 5.91 Å². The molecule has 5 nitrogen and oxygen atoms in total. The second kappa shape index (κ2) is 9.55. The molecule has 0 aliphatic carbocycles. The van der Waals surface area contributed by atoms with E-state index < -0.39 is 0 Å². The number of rotatable bonds is 6. The van der Waals surface area contributed by atoms with Gasteiger partial charge in [-0.15, -0.1) is 0 Å². The highest BCUT2D eigenvalue weighted by Gasteiger charge is 2.23. The Morgan fingerprint density at radius 3 is 2.50 bits per heavy atom. The van der Waals surface area contributed by atoms with Crippen molar-refractivity contribution in [1.82, 2.24) is 9.88 Å². The summed E-state index contributed by atoms with van der Waals surface area (Å²) in [6, 6.07) is 34.1. The molecule has 2 heterocycles. The lowest BCUT2D eigenvalue weighted by Gasteiger charge is -2.24. The van der Waals surface area contributed by atoms with E-state index in [1.165, 1.54) is 0 Å². The Balaban J connectivity index is 1.36. The molecule has 1 aliphatic heterocycles. The summed E-state index contributed by atoms with van der Waals surface area (Å²) in [6.45, 7) is 1.01. The molecule has 0 fully saturated rings. The molecule has 0 spiro atoms. The Morgan fingerprint density at radius 1 is 0.778 bits per heavy atom. The number of ether oxygens (including phenoxy) is 2. The molecule has 0 N–H and O–H groups in total. The molecule has 1 amide bonds. The van der Waals surface area contributed by atoms with Crippen molar-refractivity contribution < 1.29 is 14.3 Å². The van der Waals surface area contributed by atoms with E-state index >= 15 is 0 Å². The minimum atomic E-state index is -0.0881.